The normalized spacial score (nSPS) is 11.2. The third kappa shape index (κ3) is 5.63. The summed E-state index contributed by atoms with van der Waals surface area (Å²) in [5.74, 6) is -0.383. The van der Waals surface area contributed by atoms with Crippen LogP contribution in [0.4, 0.5) is 5.13 Å². The average molecular weight is 503 g/mol. The maximum atomic E-state index is 13.1. The van der Waals surface area contributed by atoms with Gasteiger partial charge in [0.1, 0.15) is 0 Å². The molecule has 0 aliphatic rings. The van der Waals surface area contributed by atoms with E-state index in [0.29, 0.717) is 28.5 Å². The van der Waals surface area contributed by atoms with Gasteiger partial charge in [-0.25, -0.2) is 13.4 Å². The molecule has 0 bridgehead atoms. The third-order valence-electron chi connectivity index (χ3n) is 5.34. The zero-order chi connectivity index (χ0) is 24.8. The lowest BCUT2D eigenvalue weighted by Gasteiger charge is -2.20. The molecule has 0 aliphatic carbocycles. The minimum atomic E-state index is -3.71. The lowest BCUT2D eigenvalue weighted by Crippen LogP contribution is -2.30. The van der Waals surface area contributed by atoms with Gasteiger partial charge in [0.05, 0.1) is 22.2 Å². The van der Waals surface area contributed by atoms with Crippen molar-refractivity contribution in [2.24, 2.45) is 0 Å². The highest BCUT2D eigenvalue weighted by atomic mass is 32.2. The summed E-state index contributed by atoms with van der Waals surface area (Å²) in [5, 5.41) is 13.9. The Hall–Kier alpha value is -3.84. The van der Waals surface area contributed by atoms with Crippen molar-refractivity contribution in [3.63, 3.8) is 0 Å². The summed E-state index contributed by atoms with van der Waals surface area (Å²) in [7, 11) is -3.71. The molecule has 1 amide bonds. The molecule has 9 heteroatoms. The molecule has 0 radical (unpaired) electrons. The molecule has 3 aromatic carbocycles. The second-order valence-corrected chi connectivity index (χ2v) is 10.4. The van der Waals surface area contributed by atoms with E-state index >= 15 is 0 Å². The predicted octanol–water partition coefficient (Wildman–Crippen LogP) is 5.14. The Balaban J connectivity index is 1.45. The number of aromatic nitrogens is 1. The molecule has 4 rings (SSSR count). The number of nitriles is 1. The number of nitrogens with zero attached hydrogens (tertiary/aromatic N) is 3. The molecule has 7 nitrogen and oxygen atoms in total. The first-order valence-corrected chi connectivity index (χ1v) is 13.1. The van der Waals surface area contributed by atoms with Gasteiger partial charge in [-0.05, 0) is 42.0 Å². The van der Waals surface area contributed by atoms with Crippen LogP contribution in [-0.4, -0.2) is 30.2 Å². The standard InChI is InChI=1S/C26H22N4O3S2/c1-2-30(17-20-6-4-3-5-7-20)35(32,33)23-14-12-22(13-15-23)25(31)29-26-28-24(18-34-26)21-10-8-19(16-27)9-11-21/h3-15,18H,2,17H2,1H3,(H,28,29,31). The van der Waals surface area contributed by atoms with Crippen LogP contribution < -0.4 is 5.32 Å². The van der Waals surface area contributed by atoms with E-state index in [1.165, 1.54) is 39.9 Å². The van der Waals surface area contributed by atoms with E-state index in [0.717, 1.165) is 11.1 Å². The van der Waals surface area contributed by atoms with Crippen LogP contribution >= 0.6 is 11.3 Å². The topological polar surface area (TPSA) is 103 Å². The molecule has 0 saturated heterocycles. The molecule has 0 saturated carbocycles. The second kappa shape index (κ2) is 10.6. The van der Waals surface area contributed by atoms with Crippen LogP contribution in [-0.2, 0) is 16.6 Å². The van der Waals surface area contributed by atoms with E-state index in [9.17, 15) is 13.2 Å². The number of hydrogen-bond donors (Lipinski definition) is 1. The number of sulfonamides is 1. The first kappa shape index (κ1) is 24.3. The number of amides is 1. The van der Waals surface area contributed by atoms with Crippen LogP contribution in [0.1, 0.15) is 28.4 Å². The minimum absolute atomic E-state index is 0.129. The molecule has 176 valence electrons. The van der Waals surface area contributed by atoms with E-state index in [2.05, 4.69) is 16.4 Å². The van der Waals surface area contributed by atoms with Gasteiger partial charge in [0.25, 0.3) is 5.91 Å². The molecule has 1 aromatic heterocycles. The van der Waals surface area contributed by atoms with Crippen LogP contribution in [0.3, 0.4) is 0 Å². The van der Waals surface area contributed by atoms with Crippen molar-refractivity contribution in [1.82, 2.24) is 9.29 Å². The average Bonchev–Trinajstić information content (AvgIpc) is 3.36. The van der Waals surface area contributed by atoms with Gasteiger partial charge < -0.3 is 0 Å². The molecule has 0 fully saturated rings. The smallest absolute Gasteiger partial charge is 0.257 e. The Labute approximate surface area is 208 Å². The Kier molecular flexibility index (Phi) is 7.36. The SMILES string of the molecule is CCN(Cc1ccccc1)S(=O)(=O)c1ccc(C(=O)Nc2nc(-c3ccc(C#N)cc3)cs2)cc1. The summed E-state index contributed by atoms with van der Waals surface area (Å²) in [6, 6.07) is 24.4. The molecule has 1 heterocycles. The highest BCUT2D eigenvalue weighted by molar-refractivity contribution is 7.89. The van der Waals surface area contributed by atoms with Gasteiger partial charge >= 0.3 is 0 Å². The van der Waals surface area contributed by atoms with Crippen molar-refractivity contribution < 1.29 is 13.2 Å². The highest BCUT2D eigenvalue weighted by Gasteiger charge is 2.23. The summed E-state index contributed by atoms with van der Waals surface area (Å²) in [6.45, 7) is 2.39. The van der Waals surface area contributed by atoms with E-state index in [1.807, 2.05) is 35.7 Å². The van der Waals surface area contributed by atoms with Crippen molar-refractivity contribution in [3.05, 3.63) is 101 Å². The van der Waals surface area contributed by atoms with E-state index in [1.54, 1.807) is 31.2 Å². The Morgan fingerprint density at radius 1 is 1.03 bits per heavy atom. The lowest BCUT2D eigenvalue weighted by atomic mass is 10.1. The predicted molar refractivity (Wildman–Crippen MR) is 136 cm³/mol. The Bertz CT molecular complexity index is 1460. The summed E-state index contributed by atoms with van der Waals surface area (Å²) in [4.78, 5) is 17.3. The van der Waals surface area contributed by atoms with Crippen molar-refractivity contribution in [2.75, 3.05) is 11.9 Å². The second-order valence-electron chi connectivity index (χ2n) is 7.62. The maximum Gasteiger partial charge on any atom is 0.257 e. The van der Waals surface area contributed by atoms with Crippen LogP contribution in [0.15, 0.2) is 89.1 Å². The summed E-state index contributed by atoms with van der Waals surface area (Å²) < 4.78 is 27.6. The molecule has 0 atom stereocenters. The number of anilines is 1. The quantitative estimate of drug-likeness (QED) is 0.359. The number of rotatable bonds is 8. The zero-order valence-electron chi connectivity index (χ0n) is 18.9. The summed E-state index contributed by atoms with van der Waals surface area (Å²) in [6.07, 6.45) is 0. The molecule has 0 spiro atoms. The van der Waals surface area contributed by atoms with Gasteiger partial charge in [-0.2, -0.15) is 9.57 Å². The first-order valence-electron chi connectivity index (χ1n) is 10.8. The molecule has 35 heavy (non-hydrogen) atoms. The number of carbonyl (C=O) groups is 1. The largest absolute Gasteiger partial charge is 0.298 e. The van der Waals surface area contributed by atoms with Crippen LogP contribution in [0.5, 0.6) is 0 Å². The van der Waals surface area contributed by atoms with Gasteiger partial charge in [-0.15, -0.1) is 11.3 Å². The molecule has 0 unspecified atom stereocenters. The van der Waals surface area contributed by atoms with E-state index in [4.69, 9.17) is 5.26 Å². The van der Waals surface area contributed by atoms with Gasteiger partial charge in [0.15, 0.2) is 5.13 Å². The van der Waals surface area contributed by atoms with Gasteiger partial charge in [0, 0.05) is 29.6 Å². The van der Waals surface area contributed by atoms with Crippen molar-refractivity contribution >= 4 is 32.4 Å². The number of hydrogen-bond acceptors (Lipinski definition) is 6. The number of benzene rings is 3. The van der Waals surface area contributed by atoms with Crippen molar-refractivity contribution in [3.8, 4) is 17.3 Å². The molecular weight excluding hydrogens is 480 g/mol. The van der Waals surface area contributed by atoms with Crippen LogP contribution in [0.25, 0.3) is 11.3 Å². The first-order chi connectivity index (χ1) is 16.9. The van der Waals surface area contributed by atoms with Gasteiger partial charge in [0.2, 0.25) is 10.0 Å². The van der Waals surface area contributed by atoms with Crippen molar-refractivity contribution in [1.29, 1.82) is 5.26 Å². The van der Waals surface area contributed by atoms with E-state index in [-0.39, 0.29) is 17.3 Å². The molecule has 4 aromatic rings. The fourth-order valence-electron chi connectivity index (χ4n) is 3.43. The van der Waals surface area contributed by atoms with Crippen molar-refractivity contribution in [2.45, 2.75) is 18.4 Å². The summed E-state index contributed by atoms with van der Waals surface area (Å²) in [5.41, 5.74) is 3.31. The minimum Gasteiger partial charge on any atom is -0.298 e. The Morgan fingerprint density at radius 2 is 1.71 bits per heavy atom. The van der Waals surface area contributed by atoms with E-state index < -0.39 is 10.0 Å². The lowest BCUT2D eigenvalue weighted by molar-refractivity contribution is 0.102. The fraction of sp³-hybridized carbons (Fsp3) is 0.115. The highest BCUT2D eigenvalue weighted by Crippen LogP contribution is 2.26. The molecule has 1 N–H and O–H groups in total. The van der Waals surface area contributed by atoms with Gasteiger partial charge in [-0.3, -0.25) is 10.1 Å². The number of carbonyl (C=O) groups excluding carboxylic acids is 1. The zero-order valence-corrected chi connectivity index (χ0v) is 20.5. The van der Waals surface area contributed by atoms with Gasteiger partial charge in [-0.1, -0.05) is 49.4 Å². The Morgan fingerprint density at radius 3 is 2.34 bits per heavy atom. The fourth-order valence-corrected chi connectivity index (χ4v) is 5.58. The molecule has 0 aliphatic heterocycles. The number of nitrogens with one attached hydrogen (secondary N) is 1. The number of thiazole rings is 1. The molecular formula is C26H22N4O3S2. The maximum absolute atomic E-state index is 13.1. The third-order valence-corrected chi connectivity index (χ3v) is 8.04. The summed E-state index contributed by atoms with van der Waals surface area (Å²) >= 11 is 1.28. The van der Waals surface area contributed by atoms with Crippen LogP contribution in [0, 0.1) is 11.3 Å². The monoisotopic (exact) mass is 502 g/mol. The van der Waals surface area contributed by atoms with Crippen LogP contribution in [0.2, 0.25) is 0 Å².